The number of rotatable bonds is 3. The number of carbonyl (C=O) groups is 2. The number of carbonyl (C=O) groups excluding carboxylic acids is 1. The quantitative estimate of drug-likeness (QED) is 0.680. The smallest absolute Gasteiger partial charge is 0.335 e. The summed E-state index contributed by atoms with van der Waals surface area (Å²) >= 11 is 0. The summed E-state index contributed by atoms with van der Waals surface area (Å²) in [6.45, 7) is 0. The van der Waals surface area contributed by atoms with Crippen molar-refractivity contribution in [2.24, 2.45) is 0 Å². The summed E-state index contributed by atoms with van der Waals surface area (Å²) in [6.07, 6.45) is 2.99. The van der Waals surface area contributed by atoms with Gasteiger partial charge in [-0.2, -0.15) is 5.10 Å². The van der Waals surface area contributed by atoms with Crippen molar-refractivity contribution in [3.05, 3.63) is 53.9 Å². The highest BCUT2D eigenvalue weighted by Crippen LogP contribution is 2.14. The second kappa shape index (κ2) is 5.04. The van der Waals surface area contributed by atoms with Crippen LogP contribution < -0.4 is 5.32 Å². The molecule has 0 bridgehead atoms. The van der Waals surface area contributed by atoms with E-state index in [0.717, 1.165) is 10.9 Å². The average Bonchev–Trinajstić information content (AvgIpc) is 2.94. The van der Waals surface area contributed by atoms with Crippen molar-refractivity contribution in [3.8, 4) is 0 Å². The number of benzene rings is 1. The molecule has 0 fully saturated rings. The fourth-order valence-corrected chi connectivity index (χ4v) is 1.90. The molecule has 3 rings (SSSR count). The van der Waals surface area contributed by atoms with Gasteiger partial charge in [-0.15, -0.1) is 0 Å². The first-order chi connectivity index (χ1) is 10.1. The molecule has 3 N–H and O–H groups in total. The third-order valence-electron chi connectivity index (χ3n) is 2.95. The standard InChI is InChI=1S/C14H10N4O3/c19-13(8-1-2-10-7-16-18-11(10)5-8)17-12-6-9(14(20)21)3-4-15-12/h1-7H,(H,16,18)(H,20,21)(H,15,17,19). The van der Waals surface area contributed by atoms with Gasteiger partial charge in [-0.25, -0.2) is 9.78 Å². The van der Waals surface area contributed by atoms with Crippen LogP contribution in [0, 0.1) is 0 Å². The molecule has 0 saturated carbocycles. The number of H-pyrrole nitrogens is 1. The monoisotopic (exact) mass is 282 g/mol. The molecule has 0 aliphatic carbocycles. The van der Waals surface area contributed by atoms with Crippen molar-refractivity contribution in [3.63, 3.8) is 0 Å². The molecule has 0 aliphatic rings. The summed E-state index contributed by atoms with van der Waals surface area (Å²) in [5.41, 5.74) is 1.23. The first-order valence-corrected chi connectivity index (χ1v) is 6.07. The summed E-state index contributed by atoms with van der Waals surface area (Å²) in [7, 11) is 0. The second-order valence-corrected chi connectivity index (χ2v) is 4.36. The Bertz CT molecular complexity index is 841. The lowest BCUT2D eigenvalue weighted by atomic mass is 10.1. The Kier molecular flexibility index (Phi) is 3.07. The van der Waals surface area contributed by atoms with Gasteiger partial charge in [0.25, 0.3) is 5.91 Å². The molecule has 7 heteroatoms. The number of aromatic nitrogens is 3. The third kappa shape index (κ3) is 2.57. The van der Waals surface area contributed by atoms with Crippen LogP contribution in [0.4, 0.5) is 5.82 Å². The number of amides is 1. The summed E-state index contributed by atoms with van der Waals surface area (Å²) in [5, 5.41) is 19.0. The molecule has 2 heterocycles. The highest BCUT2D eigenvalue weighted by molar-refractivity contribution is 6.06. The van der Waals surface area contributed by atoms with Crippen LogP contribution in [0.3, 0.4) is 0 Å². The van der Waals surface area contributed by atoms with Crippen molar-refractivity contribution in [2.45, 2.75) is 0 Å². The van der Waals surface area contributed by atoms with Crippen molar-refractivity contribution in [1.82, 2.24) is 15.2 Å². The van der Waals surface area contributed by atoms with Gasteiger partial charge < -0.3 is 10.4 Å². The number of pyridine rings is 1. The van der Waals surface area contributed by atoms with Crippen molar-refractivity contribution in [1.29, 1.82) is 0 Å². The molecule has 0 spiro atoms. The zero-order chi connectivity index (χ0) is 14.8. The number of hydrogen-bond acceptors (Lipinski definition) is 4. The molecule has 0 unspecified atom stereocenters. The Hall–Kier alpha value is -3.22. The third-order valence-corrected chi connectivity index (χ3v) is 2.95. The van der Waals surface area contributed by atoms with E-state index in [-0.39, 0.29) is 17.3 Å². The molecule has 0 saturated heterocycles. The highest BCUT2D eigenvalue weighted by atomic mass is 16.4. The van der Waals surface area contributed by atoms with E-state index in [1.165, 1.54) is 18.3 Å². The van der Waals surface area contributed by atoms with E-state index in [2.05, 4.69) is 20.5 Å². The van der Waals surface area contributed by atoms with Gasteiger partial charge in [0.1, 0.15) is 5.82 Å². The lowest BCUT2D eigenvalue weighted by molar-refractivity contribution is 0.0696. The minimum Gasteiger partial charge on any atom is -0.478 e. The van der Waals surface area contributed by atoms with Crippen molar-refractivity contribution < 1.29 is 14.7 Å². The molecule has 0 radical (unpaired) electrons. The number of nitrogens with zero attached hydrogens (tertiary/aromatic N) is 2. The van der Waals surface area contributed by atoms with Gasteiger partial charge in [-0.3, -0.25) is 9.89 Å². The van der Waals surface area contributed by atoms with Gasteiger partial charge in [0.05, 0.1) is 17.3 Å². The van der Waals surface area contributed by atoms with Gasteiger partial charge in [0, 0.05) is 17.1 Å². The summed E-state index contributed by atoms with van der Waals surface area (Å²) in [6, 6.07) is 7.76. The Morgan fingerprint density at radius 3 is 2.81 bits per heavy atom. The van der Waals surface area contributed by atoms with Gasteiger partial charge in [0.15, 0.2) is 0 Å². The largest absolute Gasteiger partial charge is 0.478 e. The normalized spacial score (nSPS) is 10.5. The molecule has 1 aromatic carbocycles. The second-order valence-electron chi connectivity index (χ2n) is 4.36. The van der Waals surface area contributed by atoms with Crippen LogP contribution in [-0.4, -0.2) is 32.2 Å². The fraction of sp³-hybridized carbons (Fsp3) is 0. The van der Waals surface area contributed by atoms with Crippen molar-refractivity contribution in [2.75, 3.05) is 5.32 Å². The fourth-order valence-electron chi connectivity index (χ4n) is 1.90. The summed E-state index contributed by atoms with van der Waals surface area (Å²) in [5.74, 6) is -1.27. The summed E-state index contributed by atoms with van der Waals surface area (Å²) in [4.78, 5) is 26.9. The van der Waals surface area contributed by atoms with Crippen LogP contribution >= 0.6 is 0 Å². The number of nitrogens with one attached hydrogen (secondary N) is 2. The Morgan fingerprint density at radius 2 is 2.00 bits per heavy atom. The zero-order valence-electron chi connectivity index (χ0n) is 10.7. The number of carboxylic acids is 1. The number of carboxylic acid groups (broad SMARTS) is 1. The minimum atomic E-state index is -1.08. The molecule has 0 aliphatic heterocycles. The molecule has 7 nitrogen and oxygen atoms in total. The number of aromatic carboxylic acids is 1. The van der Waals surface area contributed by atoms with E-state index >= 15 is 0 Å². The maximum Gasteiger partial charge on any atom is 0.335 e. The average molecular weight is 282 g/mol. The molecular formula is C14H10N4O3. The minimum absolute atomic E-state index is 0.0596. The van der Waals surface area contributed by atoms with Crippen molar-refractivity contribution >= 4 is 28.6 Å². The van der Waals surface area contributed by atoms with E-state index in [1.54, 1.807) is 24.4 Å². The molecule has 104 valence electrons. The summed E-state index contributed by atoms with van der Waals surface area (Å²) < 4.78 is 0. The molecule has 21 heavy (non-hydrogen) atoms. The SMILES string of the molecule is O=C(O)c1ccnc(NC(=O)c2ccc3cn[nH]c3c2)c1. The lowest BCUT2D eigenvalue weighted by Crippen LogP contribution is -2.13. The molecule has 0 atom stereocenters. The predicted molar refractivity (Wildman–Crippen MR) is 75.2 cm³/mol. The van der Waals surface area contributed by atoms with E-state index in [0.29, 0.717) is 5.56 Å². The van der Waals surface area contributed by atoms with Gasteiger partial charge in [0.2, 0.25) is 0 Å². The Morgan fingerprint density at radius 1 is 1.14 bits per heavy atom. The first kappa shape index (κ1) is 12.8. The number of aromatic amines is 1. The number of fused-ring (bicyclic) bond motifs is 1. The highest BCUT2D eigenvalue weighted by Gasteiger charge is 2.10. The maximum absolute atomic E-state index is 12.1. The number of anilines is 1. The predicted octanol–water partition coefficient (Wildman–Crippen LogP) is 1.91. The van der Waals surface area contributed by atoms with E-state index < -0.39 is 5.97 Å². The molecule has 3 aromatic rings. The van der Waals surface area contributed by atoms with Gasteiger partial charge in [-0.05, 0) is 24.3 Å². The van der Waals surface area contributed by atoms with E-state index in [4.69, 9.17) is 5.11 Å². The molecule has 1 amide bonds. The van der Waals surface area contributed by atoms with Crippen LogP contribution in [0.15, 0.2) is 42.7 Å². The Balaban J connectivity index is 1.85. The number of hydrogen-bond donors (Lipinski definition) is 3. The van der Waals surface area contributed by atoms with Crippen LogP contribution in [-0.2, 0) is 0 Å². The molecular weight excluding hydrogens is 272 g/mol. The molecule has 2 aromatic heterocycles. The van der Waals surface area contributed by atoms with Crippen LogP contribution in [0.1, 0.15) is 20.7 Å². The lowest BCUT2D eigenvalue weighted by Gasteiger charge is -2.05. The van der Waals surface area contributed by atoms with E-state index in [1.807, 2.05) is 0 Å². The first-order valence-electron chi connectivity index (χ1n) is 6.07. The van der Waals surface area contributed by atoms with Gasteiger partial charge in [-0.1, -0.05) is 6.07 Å². The maximum atomic E-state index is 12.1. The zero-order valence-corrected chi connectivity index (χ0v) is 10.7. The van der Waals surface area contributed by atoms with E-state index in [9.17, 15) is 9.59 Å². The topological polar surface area (TPSA) is 108 Å². The Labute approximate surface area is 118 Å². The van der Waals surface area contributed by atoms with Gasteiger partial charge >= 0.3 is 5.97 Å². The van der Waals surface area contributed by atoms with Crippen LogP contribution in [0.25, 0.3) is 10.9 Å². The van der Waals surface area contributed by atoms with Crippen LogP contribution in [0.2, 0.25) is 0 Å². The van der Waals surface area contributed by atoms with Crippen LogP contribution in [0.5, 0.6) is 0 Å².